The van der Waals surface area contributed by atoms with Gasteiger partial charge in [-0.15, -0.1) is 0 Å². The molecule has 0 atom stereocenters. The van der Waals surface area contributed by atoms with Gasteiger partial charge in [-0.25, -0.2) is 14.6 Å². The number of imidazole rings is 1. The number of nitrogens with one attached hydrogen (secondary N) is 2. The number of carbonyl (C=O) groups excluding carboxylic acids is 2. The average Bonchev–Trinajstić information content (AvgIpc) is 3.49. The SMILES string of the molecule is CC(C)NC(=O)c1cc2nc(C3CC3)n(C)c2c(Cl)c1NC(=O)c1cc(C(F)(F)F)nn1-c1ncccc1Cl. The Morgan fingerprint density at radius 3 is 2.49 bits per heavy atom. The molecule has 5 rings (SSSR count). The first-order chi connectivity index (χ1) is 18.4. The van der Waals surface area contributed by atoms with Gasteiger partial charge < -0.3 is 15.2 Å². The molecule has 1 aliphatic carbocycles. The van der Waals surface area contributed by atoms with Crippen LogP contribution in [0.15, 0.2) is 30.5 Å². The van der Waals surface area contributed by atoms with Crippen LogP contribution >= 0.6 is 23.2 Å². The molecule has 1 aromatic carbocycles. The van der Waals surface area contributed by atoms with Crippen molar-refractivity contribution in [1.82, 2.24) is 29.6 Å². The van der Waals surface area contributed by atoms with Gasteiger partial charge in [0.25, 0.3) is 11.8 Å². The van der Waals surface area contributed by atoms with E-state index in [4.69, 9.17) is 23.2 Å². The Kier molecular flexibility index (Phi) is 6.79. The molecule has 204 valence electrons. The molecule has 9 nitrogen and oxygen atoms in total. The topological polar surface area (TPSA) is 107 Å². The summed E-state index contributed by atoms with van der Waals surface area (Å²) in [6.45, 7) is 3.52. The Bertz CT molecular complexity index is 1620. The van der Waals surface area contributed by atoms with E-state index in [2.05, 4.69) is 25.7 Å². The summed E-state index contributed by atoms with van der Waals surface area (Å²) in [5.74, 6) is -0.671. The van der Waals surface area contributed by atoms with Crippen LogP contribution < -0.4 is 10.6 Å². The first-order valence-electron chi connectivity index (χ1n) is 12.0. The second-order valence-electron chi connectivity index (χ2n) is 9.50. The number of pyridine rings is 1. The quantitative estimate of drug-likeness (QED) is 0.302. The fraction of sp³-hybridized carbons (Fsp3) is 0.320. The first-order valence-corrected chi connectivity index (χ1v) is 12.7. The second-order valence-corrected chi connectivity index (χ2v) is 10.3. The summed E-state index contributed by atoms with van der Waals surface area (Å²) in [5.41, 5.74) is -0.973. The fourth-order valence-electron chi connectivity index (χ4n) is 4.25. The van der Waals surface area contributed by atoms with Crippen LogP contribution in [0.5, 0.6) is 0 Å². The van der Waals surface area contributed by atoms with Crippen molar-refractivity contribution in [3.05, 3.63) is 63.3 Å². The van der Waals surface area contributed by atoms with Crippen molar-refractivity contribution in [2.45, 2.75) is 44.8 Å². The molecule has 3 heterocycles. The molecular weight excluding hydrogens is 558 g/mol. The number of hydrogen-bond donors (Lipinski definition) is 2. The minimum absolute atomic E-state index is 0.00738. The number of nitrogens with zero attached hydrogens (tertiary/aromatic N) is 5. The first kappa shape index (κ1) is 26.9. The Morgan fingerprint density at radius 1 is 1.15 bits per heavy atom. The Morgan fingerprint density at radius 2 is 1.87 bits per heavy atom. The number of amides is 2. The van der Waals surface area contributed by atoms with Crippen LogP contribution in [0.2, 0.25) is 10.0 Å². The van der Waals surface area contributed by atoms with Gasteiger partial charge in [0.1, 0.15) is 11.5 Å². The van der Waals surface area contributed by atoms with E-state index in [1.54, 1.807) is 25.5 Å². The summed E-state index contributed by atoms with van der Waals surface area (Å²) < 4.78 is 43.3. The van der Waals surface area contributed by atoms with E-state index in [1.807, 2.05) is 0 Å². The van der Waals surface area contributed by atoms with Crippen LogP contribution in [0.1, 0.15) is 65.0 Å². The zero-order valence-corrected chi connectivity index (χ0v) is 22.4. The third kappa shape index (κ3) is 5.06. The lowest BCUT2D eigenvalue weighted by molar-refractivity contribution is -0.141. The maximum atomic E-state index is 13.6. The highest BCUT2D eigenvalue weighted by Crippen LogP contribution is 2.43. The van der Waals surface area contributed by atoms with Crippen molar-refractivity contribution in [2.75, 3.05) is 5.32 Å². The van der Waals surface area contributed by atoms with Gasteiger partial charge in [0, 0.05) is 31.3 Å². The van der Waals surface area contributed by atoms with Gasteiger partial charge in [0.05, 0.1) is 32.3 Å². The average molecular weight is 580 g/mol. The van der Waals surface area contributed by atoms with Crippen molar-refractivity contribution in [2.24, 2.45) is 7.05 Å². The summed E-state index contributed by atoms with van der Waals surface area (Å²) in [7, 11) is 1.78. The Hall–Kier alpha value is -3.64. The summed E-state index contributed by atoms with van der Waals surface area (Å²) in [4.78, 5) is 35.3. The third-order valence-electron chi connectivity index (χ3n) is 6.15. The third-order valence-corrected chi connectivity index (χ3v) is 6.82. The Balaban J connectivity index is 1.65. The van der Waals surface area contributed by atoms with E-state index in [-0.39, 0.29) is 39.1 Å². The predicted octanol–water partition coefficient (Wildman–Crippen LogP) is 5.75. The van der Waals surface area contributed by atoms with Crippen molar-refractivity contribution in [3.63, 3.8) is 0 Å². The van der Waals surface area contributed by atoms with E-state index in [9.17, 15) is 22.8 Å². The van der Waals surface area contributed by atoms with Crippen molar-refractivity contribution in [1.29, 1.82) is 0 Å². The zero-order chi connectivity index (χ0) is 28.2. The molecule has 0 bridgehead atoms. The summed E-state index contributed by atoms with van der Waals surface area (Å²) in [6, 6.07) is 4.73. The number of alkyl halides is 3. The number of anilines is 1. The molecule has 2 amide bonds. The lowest BCUT2D eigenvalue weighted by Crippen LogP contribution is -2.31. The number of carbonyl (C=O) groups is 2. The number of benzene rings is 1. The maximum absolute atomic E-state index is 13.6. The van der Waals surface area contributed by atoms with E-state index >= 15 is 0 Å². The predicted molar refractivity (Wildman–Crippen MR) is 140 cm³/mol. The molecule has 39 heavy (non-hydrogen) atoms. The van der Waals surface area contributed by atoms with E-state index < -0.39 is 29.4 Å². The molecule has 1 saturated carbocycles. The lowest BCUT2D eigenvalue weighted by atomic mass is 10.1. The molecule has 0 aliphatic heterocycles. The minimum Gasteiger partial charge on any atom is -0.350 e. The molecule has 14 heteroatoms. The van der Waals surface area contributed by atoms with E-state index in [0.717, 1.165) is 18.7 Å². The molecule has 2 N–H and O–H groups in total. The number of hydrogen-bond acceptors (Lipinski definition) is 5. The molecule has 4 aromatic rings. The zero-order valence-electron chi connectivity index (χ0n) is 20.9. The minimum atomic E-state index is -4.85. The van der Waals surface area contributed by atoms with Crippen molar-refractivity contribution < 1.29 is 22.8 Å². The number of halogens is 5. The van der Waals surface area contributed by atoms with Crippen LogP contribution in [0.3, 0.4) is 0 Å². The highest BCUT2D eigenvalue weighted by molar-refractivity contribution is 6.39. The molecule has 1 aliphatic rings. The van der Waals surface area contributed by atoms with Gasteiger partial charge in [-0.1, -0.05) is 23.2 Å². The largest absolute Gasteiger partial charge is 0.435 e. The van der Waals surface area contributed by atoms with Crippen LogP contribution in [0.25, 0.3) is 16.9 Å². The van der Waals surface area contributed by atoms with Gasteiger partial charge in [-0.05, 0) is 44.9 Å². The van der Waals surface area contributed by atoms with Gasteiger partial charge in [0.2, 0.25) is 0 Å². The summed E-state index contributed by atoms with van der Waals surface area (Å²) in [5, 5.41) is 8.84. The lowest BCUT2D eigenvalue weighted by Gasteiger charge is -2.16. The molecule has 0 spiro atoms. The van der Waals surface area contributed by atoms with Crippen LogP contribution in [-0.2, 0) is 13.2 Å². The molecule has 3 aromatic heterocycles. The number of rotatable bonds is 6. The highest BCUT2D eigenvalue weighted by atomic mass is 35.5. The van der Waals surface area contributed by atoms with Crippen LogP contribution in [-0.4, -0.2) is 42.2 Å². The monoisotopic (exact) mass is 579 g/mol. The molecule has 0 saturated heterocycles. The van der Waals surface area contributed by atoms with Crippen molar-refractivity contribution in [3.8, 4) is 5.82 Å². The van der Waals surface area contributed by atoms with Gasteiger partial charge >= 0.3 is 6.18 Å². The maximum Gasteiger partial charge on any atom is 0.435 e. The smallest absolute Gasteiger partial charge is 0.350 e. The standard InChI is InChI=1S/C25H22Cl2F3N7O2/c1-11(2)32-23(38)13-9-15-20(36(3)21(33-15)12-6-7-12)18(27)19(13)34-24(39)16-10-17(25(28,29)30)35-37(16)22-14(26)5-4-8-31-22/h4-5,8-12H,6-7H2,1-3H3,(H,32,38)(H,34,39). The normalized spacial score (nSPS) is 13.8. The highest BCUT2D eigenvalue weighted by Gasteiger charge is 2.37. The summed E-state index contributed by atoms with van der Waals surface area (Å²) in [6.07, 6.45) is -1.60. The Labute approximate surface area is 230 Å². The molecular formula is C25H22Cl2F3N7O2. The molecule has 0 radical (unpaired) electrons. The summed E-state index contributed by atoms with van der Waals surface area (Å²) >= 11 is 12.9. The number of fused-ring (bicyclic) bond motifs is 1. The van der Waals surface area contributed by atoms with E-state index in [1.165, 1.54) is 24.4 Å². The van der Waals surface area contributed by atoms with Gasteiger partial charge in [0.15, 0.2) is 11.5 Å². The fourth-order valence-corrected chi connectivity index (χ4v) is 4.82. The van der Waals surface area contributed by atoms with Gasteiger partial charge in [-0.2, -0.15) is 18.3 Å². The van der Waals surface area contributed by atoms with Crippen LogP contribution in [0.4, 0.5) is 18.9 Å². The molecule has 0 unspecified atom stereocenters. The number of aromatic nitrogens is 5. The molecule has 1 fully saturated rings. The van der Waals surface area contributed by atoms with Crippen LogP contribution in [0, 0.1) is 0 Å². The van der Waals surface area contributed by atoms with E-state index in [0.29, 0.717) is 21.8 Å². The number of aryl methyl sites for hydroxylation is 1. The van der Waals surface area contributed by atoms with Gasteiger partial charge in [-0.3, -0.25) is 9.59 Å². The second kappa shape index (κ2) is 9.83. The van der Waals surface area contributed by atoms with Crippen molar-refractivity contribution >= 4 is 51.7 Å².